The number of nitro benzene ring substituents is 1. The number of nitro groups is 1. The topological polar surface area (TPSA) is 107 Å². The lowest BCUT2D eigenvalue weighted by atomic mass is 10.2. The summed E-state index contributed by atoms with van der Waals surface area (Å²) in [5.41, 5.74) is 0.0162. The van der Waals surface area contributed by atoms with Crippen molar-refractivity contribution in [2.75, 3.05) is 11.9 Å². The summed E-state index contributed by atoms with van der Waals surface area (Å²) in [4.78, 5) is 21.7. The van der Waals surface area contributed by atoms with Gasteiger partial charge in [0.05, 0.1) is 9.95 Å². The molecule has 0 saturated carbocycles. The molecule has 8 nitrogen and oxygen atoms in total. The molecule has 11 heteroatoms. The average Bonchev–Trinajstić information content (AvgIpc) is 3.08. The normalized spacial score (nSPS) is 10.4. The van der Waals surface area contributed by atoms with Crippen molar-refractivity contribution in [1.29, 1.82) is 0 Å². The Morgan fingerprint density at radius 1 is 1.30 bits per heavy atom. The molecular weight excluding hydrogens is 399 g/mol. The van der Waals surface area contributed by atoms with Gasteiger partial charge >= 0.3 is 5.69 Å². The lowest BCUT2D eigenvalue weighted by molar-refractivity contribution is -0.387. The van der Waals surface area contributed by atoms with Crippen LogP contribution in [0.3, 0.4) is 0 Å². The summed E-state index contributed by atoms with van der Waals surface area (Å²) < 4.78 is 18.6. The van der Waals surface area contributed by atoms with E-state index in [0.29, 0.717) is 15.6 Å². The van der Waals surface area contributed by atoms with Gasteiger partial charge in [0.25, 0.3) is 5.91 Å². The number of benzene rings is 2. The van der Waals surface area contributed by atoms with Crippen LogP contribution in [0.4, 0.5) is 15.2 Å². The van der Waals surface area contributed by atoms with Gasteiger partial charge in [-0.3, -0.25) is 20.2 Å². The number of carbonyl (C=O) groups is 1. The Labute approximate surface area is 160 Å². The fraction of sp³-hybridized carbons (Fsp3) is 0.0625. The molecule has 0 fully saturated rings. The minimum atomic E-state index is -1.05. The van der Waals surface area contributed by atoms with E-state index in [4.69, 9.17) is 16.3 Å². The van der Waals surface area contributed by atoms with Gasteiger partial charge in [0.2, 0.25) is 10.9 Å². The molecule has 3 rings (SSSR count). The van der Waals surface area contributed by atoms with Gasteiger partial charge in [-0.15, -0.1) is 10.2 Å². The Bertz CT molecular complexity index is 1010. The molecule has 0 aliphatic carbocycles. The first kappa shape index (κ1) is 18.7. The van der Waals surface area contributed by atoms with Crippen LogP contribution in [0.1, 0.15) is 0 Å². The van der Waals surface area contributed by atoms with E-state index in [9.17, 15) is 19.3 Å². The third-order valence-electron chi connectivity index (χ3n) is 3.26. The van der Waals surface area contributed by atoms with Crippen LogP contribution in [0, 0.1) is 15.9 Å². The third kappa shape index (κ3) is 4.54. The molecule has 0 aliphatic rings. The van der Waals surface area contributed by atoms with Crippen molar-refractivity contribution < 1.29 is 18.8 Å². The number of anilines is 1. The predicted molar refractivity (Wildman–Crippen MR) is 97.5 cm³/mol. The Morgan fingerprint density at radius 2 is 2.07 bits per heavy atom. The average molecular weight is 409 g/mol. The van der Waals surface area contributed by atoms with Crippen LogP contribution in [0.2, 0.25) is 5.02 Å². The molecule has 1 amide bonds. The fourth-order valence-corrected chi connectivity index (χ4v) is 3.13. The van der Waals surface area contributed by atoms with E-state index in [1.165, 1.54) is 6.07 Å². The zero-order valence-corrected chi connectivity index (χ0v) is 15.0. The van der Waals surface area contributed by atoms with Crippen molar-refractivity contribution >= 4 is 39.7 Å². The summed E-state index contributed by atoms with van der Waals surface area (Å²) in [5, 5.41) is 22.2. The van der Waals surface area contributed by atoms with Gasteiger partial charge in [-0.05, 0) is 12.1 Å². The molecular formula is C16H10ClFN4O4S. The number of nitrogens with one attached hydrogen (secondary N) is 1. The molecule has 1 N–H and O–H groups in total. The second kappa shape index (κ2) is 8.06. The molecule has 0 atom stereocenters. The highest BCUT2D eigenvalue weighted by molar-refractivity contribution is 7.18. The first-order chi connectivity index (χ1) is 12.9. The summed E-state index contributed by atoms with van der Waals surface area (Å²) in [6.45, 7) is -0.432. The van der Waals surface area contributed by atoms with Gasteiger partial charge in [0.15, 0.2) is 11.6 Å². The first-order valence-electron chi connectivity index (χ1n) is 7.39. The lowest BCUT2D eigenvalue weighted by Crippen LogP contribution is -2.20. The number of ether oxygens (including phenoxy) is 1. The molecule has 27 heavy (non-hydrogen) atoms. The van der Waals surface area contributed by atoms with E-state index >= 15 is 0 Å². The van der Waals surface area contributed by atoms with Crippen LogP contribution in [-0.2, 0) is 4.79 Å². The van der Waals surface area contributed by atoms with Crippen molar-refractivity contribution in [2.45, 2.75) is 0 Å². The van der Waals surface area contributed by atoms with Gasteiger partial charge in [0, 0.05) is 17.7 Å². The van der Waals surface area contributed by atoms with E-state index in [0.717, 1.165) is 23.5 Å². The first-order valence-corrected chi connectivity index (χ1v) is 8.58. The fourth-order valence-electron chi connectivity index (χ4n) is 2.05. The van der Waals surface area contributed by atoms with E-state index < -0.39 is 28.9 Å². The van der Waals surface area contributed by atoms with Gasteiger partial charge in [-0.2, -0.15) is 4.39 Å². The molecule has 1 aromatic heterocycles. The molecule has 0 aliphatic heterocycles. The largest absolute Gasteiger partial charge is 0.484 e. The predicted octanol–water partition coefficient (Wildman–Crippen LogP) is 3.92. The summed E-state index contributed by atoms with van der Waals surface area (Å²) >= 11 is 7.22. The van der Waals surface area contributed by atoms with Crippen molar-refractivity contribution in [3.05, 3.63) is 63.4 Å². The highest BCUT2D eigenvalue weighted by atomic mass is 35.5. The standard InChI is InChI=1S/C16H10ClFN4O4S/c17-11-4-2-1-3-10(11)15-20-21-16(27-15)19-14(23)8-26-9-5-6-13(22(24)25)12(18)7-9/h1-7H,8H2,(H,19,21,23). The number of aromatic nitrogens is 2. The van der Waals surface area contributed by atoms with Gasteiger partial charge in [0.1, 0.15) is 5.75 Å². The maximum Gasteiger partial charge on any atom is 0.305 e. The maximum absolute atomic E-state index is 13.5. The SMILES string of the molecule is O=C(COc1ccc([N+](=O)[O-])c(F)c1)Nc1nnc(-c2ccccc2Cl)s1. The van der Waals surface area contributed by atoms with Crippen LogP contribution in [0.15, 0.2) is 42.5 Å². The Hall–Kier alpha value is -3.11. The van der Waals surface area contributed by atoms with E-state index in [1.807, 2.05) is 0 Å². The zero-order chi connectivity index (χ0) is 19.4. The highest BCUT2D eigenvalue weighted by Gasteiger charge is 2.16. The number of carbonyl (C=O) groups excluding carboxylic acids is 1. The molecule has 1 heterocycles. The summed E-state index contributed by atoms with van der Waals surface area (Å²) in [7, 11) is 0. The lowest BCUT2D eigenvalue weighted by Gasteiger charge is -2.05. The smallest absolute Gasteiger partial charge is 0.305 e. The number of amides is 1. The minimum absolute atomic E-state index is 0.0118. The molecule has 0 radical (unpaired) electrons. The Kier molecular flexibility index (Phi) is 5.57. The van der Waals surface area contributed by atoms with Crippen molar-refractivity contribution in [2.24, 2.45) is 0 Å². The summed E-state index contributed by atoms with van der Waals surface area (Å²) in [6, 6.07) is 10.1. The monoisotopic (exact) mass is 408 g/mol. The molecule has 0 unspecified atom stereocenters. The zero-order valence-electron chi connectivity index (χ0n) is 13.4. The van der Waals surface area contributed by atoms with E-state index in [-0.39, 0.29) is 10.9 Å². The second-order valence-corrected chi connectivity index (χ2v) is 6.48. The highest BCUT2D eigenvalue weighted by Crippen LogP contribution is 2.31. The summed E-state index contributed by atoms with van der Waals surface area (Å²) in [6.07, 6.45) is 0. The van der Waals surface area contributed by atoms with Crippen LogP contribution < -0.4 is 10.1 Å². The van der Waals surface area contributed by atoms with E-state index in [2.05, 4.69) is 15.5 Å². The van der Waals surface area contributed by atoms with Gasteiger partial charge in [-0.25, -0.2) is 0 Å². The molecule has 2 aromatic carbocycles. The molecule has 0 bridgehead atoms. The number of hydrogen-bond donors (Lipinski definition) is 1. The number of halogens is 2. The van der Waals surface area contributed by atoms with Gasteiger partial charge < -0.3 is 4.74 Å². The van der Waals surface area contributed by atoms with Gasteiger partial charge in [-0.1, -0.05) is 41.1 Å². The minimum Gasteiger partial charge on any atom is -0.484 e. The quantitative estimate of drug-likeness (QED) is 0.489. The molecule has 138 valence electrons. The van der Waals surface area contributed by atoms with Crippen LogP contribution in [0.5, 0.6) is 5.75 Å². The summed E-state index contributed by atoms with van der Waals surface area (Å²) in [5.74, 6) is -1.61. The van der Waals surface area contributed by atoms with Crippen LogP contribution >= 0.6 is 22.9 Å². The Morgan fingerprint density at radius 3 is 2.78 bits per heavy atom. The molecule has 0 spiro atoms. The second-order valence-electron chi connectivity index (χ2n) is 5.10. The van der Waals surface area contributed by atoms with E-state index in [1.54, 1.807) is 24.3 Å². The molecule has 0 saturated heterocycles. The molecule has 3 aromatic rings. The number of hydrogen-bond acceptors (Lipinski definition) is 7. The van der Waals surface area contributed by atoms with Crippen molar-refractivity contribution in [3.63, 3.8) is 0 Å². The number of nitrogens with zero attached hydrogens (tertiary/aromatic N) is 3. The Balaban J connectivity index is 1.60. The number of rotatable bonds is 6. The third-order valence-corrected chi connectivity index (χ3v) is 4.46. The maximum atomic E-state index is 13.5. The van der Waals surface area contributed by atoms with Crippen molar-refractivity contribution in [3.8, 4) is 16.3 Å². The van der Waals surface area contributed by atoms with Crippen LogP contribution in [-0.4, -0.2) is 27.6 Å². The van der Waals surface area contributed by atoms with Crippen molar-refractivity contribution in [1.82, 2.24) is 10.2 Å². The van der Waals surface area contributed by atoms with Crippen LogP contribution in [0.25, 0.3) is 10.6 Å².